The molecule has 22 heavy (non-hydrogen) atoms. The number of nitrogen functional groups attached to an aromatic ring is 1. The standard InChI is InChI=1S/C15H15N5OS/c1-21-12-7-5-11(6-8-12)10-22-15-19-18-14(20(15)16)13-4-2-3-9-17-13/h2-9H,10,16H2,1H3. The molecule has 0 unspecified atom stereocenters. The minimum atomic E-state index is 0.554. The van der Waals surface area contributed by atoms with Crippen LogP contribution in [0.4, 0.5) is 0 Å². The van der Waals surface area contributed by atoms with Gasteiger partial charge in [0.05, 0.1) is 7.11 Å². The molecule has 7 heteroatoms. The Labute approximate surface area is 132 Å². The van der Waals surface area contributed by atoms with E-state index in [2.05, 4.69) is 15.2 Å². The first-order valence-electron chi connectivity index (χ1n) is 6.65. The molecule has 3 rings (SSSR count). The molecule has 6 nitrogen and oxygen atoms in total. The van der Waals surface area contributed by atoms with Gasteiger partial charge < -0.3 is 10.6 Å². The van der Waals surface area contributed by atoms with Crippen molar-refractivity contribution >= 4 is 11.8 Å². The van der Waals surface area contributed by atoms with E-state index in [4.69, 9.17) is 10.6 Å². The number of methoxy groups -OCH3 is 1. The van der Waals surface area contributed by atoms with E-state index in [9.17, 15) is 0 Å². The molecule has 2 heterocycles. The van der Waals surface area contributed by atoms with Gasteiger partial charge in [0, 0.05) is 11.9 Å². The van der Waals surface area contributed by atoms with Gasteiger partial charge in [0.25, 0.3) is 0 Å². The quantitative estimate of drug-likeness (QED) is 0.575. The second-order valence-electron chi connectivity index (χ2n) is 4.53. The van der Waals surface area contributed by atoms with E-state index in [0.29, 0.717) is 16.7 Å². The third-order valence-corrected chi connectivity index (χ3v) is 4.10. The molecule has 0 atom stereocenters. The summed E-state index contributed by atoms with van der Waals surface area (Å²) in [5.74, 6) is 8.20. The van der Waals surface area contributed by atoms with Crippen molar-refractivity contribution in [3.8, 4) is 17.3 Å². The first kappa shape index (κ1) is 14.4. The zero-order chi connectivity index (χ0) is 15.4. The highest BCUT2D eigenvalue weighted by atomic mass is 32.2. The number of benzene rings is 1. The van der Waals surface area contributed by atoms with Crippen LogP contribution in [0.3, 0.4) is 0 Å². The molecular formula is C15H15N5OS. The lowest BCUT2D eigenvalue weighted by Crippen LogP contribution is -2.12. The SMILES string of the molecule is COc1ccc(CSc2nnc(-c3ccccn3)n2N)cc1. The second-order valence-corrected chi connectivity index (χ2v) is 5.47. The van der Waals surface area contributed by atoms with Crippen LogP contribution >= 0.6 is 11.8 Å². The van der Waals surface area contributed by atoms with Crippen molar-refractivity contribution in [2.24, 2.45) is 0 Å². The van der Waals surface area contributed by atoms with Gasteiger partial charge >= 0.3 is 0 Å². The summed E-state index contributed by atoms with van der Waals surface area (Å²) in [6.07, 6.45) is 1.70. The highest BCUT2D eigenvalue weighted by molar-refractivity contribution is 7.98. The average molecular weight is 313 g/mol. The number of hydrogen-bond acceptors (Lipinski definition) is 6. The van der Waals surface area contributed by atoms with E-state index in [1.807, 2.05) is 42.5 Å². The summed E-state index contributed by atoms with van der Waals surface area (Å²) in [5.41, 5.74) is 1.86. The minimum absolute atomic E-state index is 0.554. The molecule has 2 aromatic heterocycles. The summed E-state index contributed by atoms with van der Waals surface area (Å²) in [7, 11) is 1.65. The number of rotatable bonds is 5. The Balaban J connectivity index is 1.72. The van der Waals surface area contributed by atoms with Crippen molar-refractivity contribution in [1.29, 1.82) is 0 Å². The van der Waals surface area contributed by atoms with Crippen LogP contribution in [0.5, 0.6) is 5.75 Å². The predicted molar refractivity (Wildman–Crippen MR) is 86.0 cm³/mol. The molecular weight excluding hydrogens is 298 g/mol. The molecule has 0 saturated carbocycles. The van der Waals surface area contributed by atoms with Crippen LogP contribution in [0.1, 0.15) is 5.56 Å². The second kappa shape index (κ2) is 6.48. The molecule has 0 fully saturated rings. The molecule has 0 aliphatic carbocycles. The number of ether oxygens (including phenoxy) is 1. The van der Waals surface area contributed by atoms with Gasteiger partial charge in [0.15, 0.2) is 0 Å². The van der Waals surface area contributed by atoms with Crippen molar-refractivity contribution < 1.29 is 4.74 Å². The maximum absolute atomic E-state index is 6.06. The smallest absolute Gasteiger partial charge is 0.210 e. The van der Waals surface area contributed by atoms with Gasteiger partial charge in [-0.05, 0) is 29.8 Å². The minimum Gasteiger partial charge on any atom is -0.497 e. The van der Waals surface area contributed by atoms with Gasteiger partial charge in [-0.15, -0.1) is 10.2 Å². The molecule has 3 aromatic rings. The lowest BCUT2D eigenvalue weighted by molar-refractivity contribution is 0.414. The number of pyridine rings is 1. The zero-order valence-corrected chi connectivity index (χ0v) is 12.8. The van der Waals surface area contributed by atoms with Crippen LogP contribution in [0.25, 0.3) is 11.5 Å². The van der Waals surface area contributed by atoms with E-state index in [1.54, 1.807) is 13.3 Å². The van der Waals surface area contributed by atoms with Gasteiger partial charge in [-0.3, -0.25) is 4.98 Å². The Morgan fingerprint density at radius 2 is 1.95 bits per heavy atom. The van der Waals surface area contributed by atoms with Gasteiger partial charge in [0.1, 0.15) is 11.4 Å². The summed E-state index contributed by atoms with van der Waals surface area (Å²) >= 11 is 1.52. The average Bonchev–Trinajstić information content (AvgIpc) is 2.95. The Morgan fingerprint density at radius 1 is 1.14 bits per heavy atom. The number of nitrogens with two attached hydrogens (primary N) is 1. The van der Waals surface area contributed by atoms with Crippen LogP contribution in [0.15, 0.2) is 53.8 Å². The van der Waals surface area contributed by atoms with Gasteiger partial charge in [-0.25, -0.2) is 4.68 Å². The van der Waals surface area contributed by atoms with Crippen molar-refractivity contribution in [3.63, 3.8) is 0 Å². The fourth-order valence-electron chi connectivity index (χ4n) is 1.91. The first-order valence-corrected chi connectivity index (χ1v) is 7.64. The Hall–Kier alpha value is -2.54. The summed E-state index contributed by atoms with van der Waals surface area (Å²) in [6.45, 7) is 0. The molecule has 0 bridgehead atoms. The van der Waals surface area contributed by atoms with Crippen LogP contribution in [0, 0.1) is 0 Å². The highest BCUT2D eigenvalue weighted by Crippen LogP contribution is 2.24. The van der Waals surface area contributed by atoms with Crippen molar-refractivity contribution in [3.05, 3.63) is 54.2 Å². The number of hydrogen-bond donors (Lipinski definition) is 1. The molecule has 0 amide bonds. The topological polar surface area (TPSA) is 78.9 Å². The molecule has 0 radical (unpaired) electrons. The molecule has 0 spiro atoms. The molecule has 0 aliphatic rings. The van der Waals surface area contributed by atoms with Crippen LogP contribution in [-0.2, 0) is 5.75 Å². The summed E-state index contributed by atoms with van der Waals surface area (Å²) < 4.78 is 6.61. The number of aromatic nitrogens is 4. The molecule has 112 valence electrons. The summed E-state index contributed by atoms with van der Waals surface area (Å²) in [5, 5.41) is 8.89. The van der Waals surface area contributed by atoms with E-state index < -0.39 is 0 Å². The summed E-state index contributed by atoms with van der Waals surface area (Å²) in [4.78, 5) is 4.23. The Kier molecular flexibility index (Phi) is 4.24. The van der Waals surface area contributed by atoms with Gasteiger partial charge in [-0.2, -0.15) is 0 Å². The van der Waals surface area contributed by atoms with E-state index in [1.165, 1.54) is 16.4 Å². The van der Waals surface area contributed by atoms with E-state index in [0.717, 1.165) is 17.1 Å². The molecule has 1 aromatic carbocycles. The number of thioether (sulfide) groups is 1. The lowest BCUT2D eigenvalue weighted by Gasteiger charge is -2.04. The Morgan fingerprint density at radius 3 is 2.64 bits per heavy atom. The lowest BCUT2D eigenvalue weighted by atomic mass is 10.2. The Bertz CT molecular complexity index is 742. The monoisotopic (exact) mass is 313 g/mol. The van der Waals surface area contributed by atoms with Crippen LogP contribution < -0.4 is 10.6 Å². The van der Waals surface area contributed by atoms with Gasteiger partial charge in [0.2, 0.25) is 11.0 Å². The summed E-state index contributed by atoms with van der Waals surface area (Å²) in [6, 6.07) is 13.5. The number of nitrogens with zero attached hydrogens (tertiary/aromatic N) is 4. The normalized spacial score (nSPS) is 10.6. The maximum Gasteiger partial charge on any atom is 0.210 e. The molecule has 0 saturated heterocycles. The largest absolute Gasteiger partial charge is 0.497 e. The first-order chi connectivity index (χ1) is 10.8. The molecule has 2 N–H and O–H groups in total. The van der Waals surface area contributed by atoms with Crippen molar-refractivity contribution in [2.75, 3.05) is 13.0 Å². The highest BCUT2D eigenvalue weighted by Gasteiger charge is 2.12. The third kappa shape index (κ3) is 3.04. The fourth-order valence-corrected chi connectivity index (χ4v) is 2.73. The van der Waals surface area contributed by atoms with Crippen molar-refractivity contribution in [2.45, 2.75) is 10.9 Å². The predicted octanol–water partition coefficient (Wildman–Crippen LogP) is 2.35. The van der Waals surface area contributed by atoms with Crippen LogP contribution in [-0.4, -0.2) is 27.0 Å². The third-order valence-electron chi connectivity index (χ3n) is 3.09. The van der Waals surface area contributed by atoms with E-state index >= 15 is 0 Å². The van der Waals surface area contributed by atoms with Crippen molar-refractivity contribution in [1.82, 2.24) is 19.9 Å². The van der Waals surface area contributed by atoms with E-state index in [-0.39, 0.29) is 0 Å². The maximum atomic E-state index is 6.06. The fraction of sp³-hybridized carbons (Fsp3) is 0.133. The zero-order valence-electron chi connectivity index (χ0n) is 12.0. The molecule has 0 aliphatic heterocycles. The van der Waals surface area contributed by atoms with Crippen LogP contribution in [0.2, 0.25) is 0 Å². The van der Waals surface area contributed by atoms with Gasteiger partial charge in [-0.1, -0.05) is 30.0 Å².